The van der Waals surface area contributed by atoms with Gasteiger partial charge in [0.1, 0.15) is 0 Å². The summed E-state index contributed by atoms with van der Waals surface area (Å²) >= 11 is 0. The maximum Gasteiger partial charge on any atom is 0.263 e. The van der Waals surface area contributed by atoms with Crippen molar-refractivity contribution in [3.05, 3.63) is 59.4 Å². The van der Waals surface area contributed by atoms with Crippen LogP contribution in [0.1, 0.15) is 27.9 Å². The SMILES string of the molecule is Nc1ccc(C(F)F)cc1C(=O)c1cccnc1. The molecule has 18 heavy (non-hydrogen) atoms. The molecule has 0 aliphatic heterocycles. The summed E-state index contributed by atoms with van der Waals surface area (Å²) in [5.41, 5.74) is 5.98. The van der Waals surface area contributed by atoms with Gasteiger partial charge in [-0.15, -0.1) is 0 Å². The number of carbonyl (C=O) groups excluding carboxylic acids is 1. The molecule has 0 aliphatic carbocycles. The maximum absolute atomic E-state index is 12.6. The summed E-state index contributed by atoms with van der Waals surface area (Å²) in [5, 5.41) is 0. The lowest BCUT2D eigenvalue weighted by Crippen LogP contribution is -2.06. The number of nitrogen functional groups attached to an aromatic ring is 1. The molecule has 0 saturated carbocycles. The molecule has 3 nitrogen and oxygen atoms in total. The molecule has 0 amide bonds. The normalized spacial score (nSPS) is 10.6. The van der Waals surface area contributed by atoms with Crippen LogP contribution < -0.4 is 5.73 Å². The molecule has 0 bridgehead atoms. The number of alkyl halides is 2. The molecule has 0 radical (unpaired) electrons. The molecule has 92 valence electrons. The Morgan fingerprint density at radius 1 is 1.28 bits per heavy atom. The van der Waals surface area contributed by atoms with E-state index in [1.54, 1.807) is 12.1 Å². The number of nitrogens with zero attached hydrogens (tertiary/aromatic N) is 1. The summed E-state index contributed by atoms with van der Waals surface area (Å²) < 4.78 is 25.2. The highest BCUT2D eigenvalue weighted by Crippen LogP contribution is 2.24. The van der Waals surface area contributed by atoms with E-state index in [0.717, 1.165) is 6.07 Å². The first-order valence-electron chi connectivity index (χ1n) is 5.22. The second-order valence-electron chi connectivity index (χ2n) is 3.72. The van der Waals surface area contributed by atoms with Crippen LogP contribution in [0.4, 0.5) is 14.5 Å². The number of aromatic nitrogens is 1. The van der Waals surface area contributed by atoms with Crippen LogP contribution in [0, 0.1) is 0 Å². The molecule has 0 spiro atoms. The summed E-state index contributed by atoms with van der Waals surface area (Å²) in [5.74, 6) is -0.414. The fraction of sp³-hybridized carbons (Fsp3) is 0.0769. The average Bonchev–Trinajstić information content (AvgIpc) is 2.39. The van der Waals surface area contributed by atoms with E-state index in [9.17, 15) is 13.6 Å². The van der Waals surface area contributed by atoms with E-state index in [1.807, 2.05) is 0 Å². The third-order valence-corrected chi connectivity index (χ3v) is 2.50. The van der Waals surface area contributed by atoms with Crippen LogP contribution in [0.15, 0.2) is 42.7 Å². The highest BCUT2D eigenvalue weighted by molar-refractivity contribution is 6.12. The van der Waals surface area contributed by atoms with E-state index in [4.69, 9.17) is 5.73 Å². The first-order valence-corrected chi connectivity index (χ1v) is 5.22. The van der Waals surface area contributed by atoms with Crippen molar-refractivity contribution in [1.29, 1.82) is 0 Å². The van der Waals surface area contributed by atoms with Crippen LogP contribution >= 0.6 is 0 Å². The first-order chi connectivity index (χ1) is 8.59. The third-order valence-electron chi connectivity index (χ3n) is 2.50. The minimum Gasteiger partial charge on any atom is -0.398 e. The van der Waals surface area contributed by atoms with Crippen molar-refractivity contribution in [2.24, 2.45) is 0 Å². The minimum atomic E-state index is -2.63. The second kappa shape index (κ2) is 4.91. The molecule has 0 fully saturated rings. The lowest BCUT2D eigenvalue weighted by molar-refractivity contribution is 0.103. The summed E-state index contributed by atoms with van der Waals surface area (Å²) in [7, 11) is 0. The van der Waals surface area contributed by atoms with E-state index in [-0.39, 0.29) is 16.8 Å². The van der Waals surface area contributed by atoms with Gasteiger partial charge in [0, 0.05) is 34.8 Å². The average molecular weight is 248 g/mol. The summed E-state index contributed by atoms with van der Waals surface area (Å²) in [6.45, 7) is 0. The van der Waals surface area contributed by atoms with Crippen molar-refractivity contribution >= 4 is 11.5 Å². The van der Waals surface area contributed by atoms with Gasteiger partial charge in [0.25, 0.3) is 6.43 Å². The number of carbonyl (C=O) groups is 1. The van der Waals surface area contributed by atoms with Crippen LogP contribution in [0.25, 0.3) is 0 Å². The van der Waals surface area contributed by atoms with Gasteiger partial charge in [0.15, 0.2) is 5.78 Å². The molecule has 0 saturated heterocycles. The Bertz CT molecular complexity index is 570. The third kappa shape index (κ3) is 2.34. The van der Waals surface area contributed by atoms with E-state index >= 15 is 0 Å². The largest absolute Gasteiger partial charge is 0.398 e. The van der Waals surface area contributed by atoms with Gasteiger partial charge in [0.05, 0.1) is 0 Å². The van der Waals surface area contributed by atoms with Crippen LogP contribution in [-0.2, 0) is 0 Å². The van der Waals surface area contributed by atoms with Crippen LogP contribution in [0.5, 0.6) is 0 Å². The van der Waals surface area contributed by atoms with Crippen molar-refractivity contribution in [1.82, 2.24) is 4.98 Å². The van der Waals surface area contributed by atoms with Gasteiger partial charge in [0.2, 0.25) is 0 Å². The number of nitrogens with two attached hydrogens (primary N) is 1. The molecule has 1 aromatic heterocycles. The Morgan fingerprint density at radius 2 is 2.06 bits per heavy atom. The molecule has 1 heterocycles. The van der Waals surface area contributed by atoms with Crippen molar-refractivity contribution in [3.63, 3.8) is 0 Å². The zero-order valence-electron chi connectivity index (χ0n) is 9.31. The van der Waals surface area contributed by atoms with E-state index in [0.29, 0.717) is 5.56 Å². The predicted molar refractivity (Wildman–Crippen MR) is 63.5 cm³/mol. The molecule has 0 atom stereocenters. The minimum absolute atomic E-state index is 0.0702. The monoisotopic (exact) mass is 248 g/mol. The number of anilines is 1. The molecular weight excluding hydrogens is 238 g/mol. The topological polar surface area (TPSA) is 56.0 Å². The Kier molecular flexibility index (Phi) is 3.32. The van der Waals surface area contributed by atoms with Crippen molar-refractivity contribution < 1.29 is 13.6 Å². The van der Waals surface area contributed by atoms with Crippen LogP contribution in [0.2, 0.25) is 0 Å². The van der Waals surface area contributed by atoms with E-state index < -0.39 is 12.2 Å². The summed E-state index contributed by atoms with van der Waals surface area (Å²) in [6, 6.07) is 6.80. The van der Waals surface area contributed by atoms with Gasteiger partial charge in [-0.2, -0.15) is 0 Å². The standard InChI is InChI=1S/C13H10F2N2O/c14-13(15)8-3-4-11(16)10(6-8)12(18)9-2-1-5-17-7-9/h1-7,13H,16H2. The molecule has 5 heteroatoms. The van der Waals surface area contributed by atoms with Gasteiger partial charge >= 0.3 is 0 Å². The summed E-state index contributed by atoms with van der Waals surface area (Å²) in [4.78, 5) is 15.9. The van der Waals surface area contributed by atoms with Gasteiger partial charge in [-0.1, -0.05) is 6.07 Å². The number of hydrogen-bond donors (Lipinski definition) is 1. The van der Waals surface area contributed by atoms with Gasteiger partial charge < -0.3 is 5.73 Å². The maximum atomic E-state index is 12.6. The summed E-state index contributed by atoms with van der Waals surface area (Å²) in [6.07, 6.45) is 0.262. The quantitative estimate of drug-likeness (QED) is 0.671. The zero-order valence-corrected chi connectivity index (χ0v) is 9.31. The Hall–Kier alpha value is -2.30. The Labute approximate surface area is 102 Å². The fourth-order valence-electron chi connectivity index (χ4n) is 1.56. The fourth-order valence-corrected chi connectivity index (χ4v) is 1.56. The molecule has 0 aliphatic rings. The van der Waals surface area contributed by atoms with Crippen molar-refractivity contribution in [3.8, 4) is 0 Å². The van der Waals surface area contributed by atoms with Crippen molar-refractivity contribution in [2.45, 2.75) is 6.43 Å². The highest BCUT2D eigenvalue weighted by Gasteiger charge is 2.16. The van der Waals surface area contributed by atoms with Crippen molar-refractivity contribution in [2.75, 3.05) is 5.73 Å². The molecule has 2 aromatic rings. The molecule has 0 unspecified atom stereocenters. The first kappa shape index (κ1) is 12.2. The van der Waals surface area contributed by atoms with E-state index in [2.05, 4.69) is 4.98 Å². The molecular formula is C13H10F2N2O. The number of halogens is 2. The molecule has 2 rings (SSSR count). The van der Waals surface area contributed by atoms with Gasteiger partial charge in [-0.3, -0.25) is 9.78 Å². The lowest BCUT2D eigenvalue weighted by Gasteiger charge is -2.07. The second-order valence-corrected chi connectivity index (χ2v) is 3.72. The molecule has 2 N–H and O–H groups in total. The molecule has 1 aromatic carbocycles. The highest BCUT2D eigenvalue weighted by atomic mass is 19.3. The smallest absolute Gasteiger partial charge is 0.263 e. The number of hydrogen-bond acceptors (Lipinski definition) is 3. The van der Waals surface area contributed by atoms with Gasteiger partial charge in [-0.05, 0) is 24.3 Å². The number of rotatable bonds is 3. The number of benzene rings is 1. The Morgan fingerprint density at radius 3 is 2.67 bits per heavy atom. The number of ketones is 1. The lowest BCUT2D eigenvalue weighted by atomic mass is 10.0. The van der Waals surface area contributed by atoms with Crippen LogP contribution in [0.3, 0.4) is 0 Å². The van der Waals surface area contributed by atoms with Crippen LogP contribution in [-0.4, -0.2) is 10.8 Å². The Balaban J connectivity index is 2.45. The van der Waals surface area contributed by atoms with E-state index in [1.165, 1.54) is 24.5 Å². The predicted octanol–water partition coefficient (Wildman–Crippen LogP) is 2.83. The van der Waals surface area contributed by atoms with Gasteiger partial charge in [-0.25, -0.2) is 8.78 Å². The zero-order chi connectivity index (χ0) is 13.1. The number of pyridine rings is 1.